The second-order valence-corrected chi connectivity index (χ2v) is 11.0. The molecular formula is C30H52O7. The monoisotopic (exact) mass is 524 g/mol. The lowest BCUT2D eigenvalue weighted by molar-refractivity contribution is -0.149. The lowest BCUT2D eigenvalue weighted by Crippen LogP contribution is -2.51. The zero-order chi connectivity index (χ0) is 28.1. The minimum atomic E-state index is -1.59. The van der Waals surface area contributed by atoms with Crippen molar-refractivity contribution in [2.75, 3.05) is 0 Å². The highest BCUT2D eigenvalue weighted by Crippen LogP contribution is 2.33. The highest BCUT2D eigenvalue weighted by Gasteiger charge is 2.45. The Labute approximate surface area is 223 Å². The first kappa shape index (κ1) is 33.6. The highest BCUT2D eigenvalue weighted by molar-refractivity contribution is 5.99. The third-order valence-electron chi connectivity index (χ3n) is 7.58. The number of ketones is 2. The van der Waals surface area contributed by atoms with E-state index >= 15 is 0 Å². The van der Waals surface area contributed by atoms with Crippen LogP contribution in [0.4, 0.5) is 0 Å². The van der Waals surface area contributed by atoms with Gasteiger partial charge in [0.25, 0.3) is 0 Å². The van der Waals surface area contributed by atoms with Crippen LogP contribution in [0.25, 0.3) is 0 Å². The van der Waals surface area contributed by atoms with Gasteiger partial charge in [0.1, 0.15) is 0 Å². The van der Waals surface area contributed by atoms with Gasteiger partial charge in [-0.3, -0.25) is 9.59 Å². The Balaban J connectivity index is 0.000000371. The third kappa shape index (κ3) is 10.4. The summed E-state index contributed by atoms with van der Waals surface area (Å²) in [6.07, 6.45) is 11.9. The summed E-state index contributed by atoms with van der Waals surface area (Å²) < 4.78 is 0. The average molecular weight is 525 g/mol. The van der Waals surface area contributed by atoms with E-state index in [9.17, 15) is 35.1 Å². The van der Waals surface area contributed by atoms with Crippen LogP contribution < -0.4 is 0 Å². The first-order valence-electron chi connectivity index (χ1n) is 14.4. The SMILES string of the molecule is CCCCCC1=CC(=O)[C@](O)(CCCC)[C@H](O)C1.CCCC[C@@]1(O)C(=O)C=C(CCCC(C)O)C[C@H]1O. The van der Waals surface area contributed by atoms with E-state index in [-0.39, 0.29) is 17.7 Å². The Morgan fingerprint density at radius 1 is 0.757 bits per heavy atom. The summed E-state index contributed by atoms with van der Waals surface area (Å²) in [6, 6.07) is 0. The fourth-order valence-electron chi connectivity index (χ4n) is 4.95. The molecule has 0 aliphatic heterocycles. The first-order chi connectivity index (χ1) is 17.4. The Kier molecular flexibility index (Phi) is 15.1. The van der Waals surface area contributed by atoms with Gasteiger partial charge in [-0.05, 0) is 76.9 Å². The largest absolute Gasteiger partial charge is 0.393 e. The molecule has 0 aromatic carbocycles. The van der Waals surface area contributed by atoms with Crippen LogP contribution in [0.2, 0.25) is 0 Å². The number of hydrogen-bond acceptors (Lipinski definition) is 7. The van der Waals surface area contributed by atoms with Gasteiger partial charge in [-0.15, -0.1) is 0 Å². The fraction of sp³-hybridized carbons (Fsp3) is 0.800. The molecule has 0 bridgehead atoms. The average Bonchev–Trinajstić information content (AvgIpc) is 2.84. The third-order valence-corrected chi connectivity index (χ3v) is 7.58. The first-order valence-corrected chi connectivity index (χ1v) is 14.4. The Bertz CT molecular complexity index is 772. The quantitative estimate of drug-likeness (QED) is 0.212. The number of carbonyl (C=O) groups is 2. The van der Waals surface area contributed by atoms with Crippen molar-refractivity contribution in [3.05, 3.63) is 23.3 Å². The van der Waals surface area contributed by atoms with Gasteiger partial charge in [0.2, 0.25) is 0 Å². The summed E-state index contributed by atoms with van der Waals surface area (Å²) in [5, 5.41) is 49.8. The molecule has 2 aliphatic carbocycles. The summed E-state index contributed by atoms with van der Waals surface area (Å²) in [5.41, 5.74) is -1.27. The molecule has 0 spiro atoms. The Morgan fingerprint density at radius 2 is 1.16 bits per heavy atom. The predicted molar refractivity (Wildman–Crippen MR) is 146 cm³/mol. The Morgan fingerprint density at radius 3 is 1.51 bits per heavy atom. The number of aliphatic hydroxyl groups excluding tert-OH is 3. The second kappa shape index (κ2) is 16.6. The molecule has 0 saturated carbocycles. The van der Waals surface area contributed by atoms with E-state index in [0.717, 1.165) is 68.9 Å². The molecule has 5 atom stereocenters. The molecule has 0 fully saturated rings. The van der Waals surface area contributed by atoms with Crippen molar-refractivity contribution in [1.29, 1.82) is 0 Å². The fourth-order valence-corrected chi connectivity index (χ4v) is 4.95. The molecule has 1 unspecified atom stereocenters. The molecule has 5 N–H and O–H groups in total. The number of unbranched alkanes of at least 4 members (excludes halogenated alkanes) is 4. The molecule has 37 heavy (non-hydrogen) atoms. The van der Waals surface area contributed by atoms with Crippen molar-refractivity contribution in [3.63, 3.8) is 0 Å². The van der Waals surface area contributed by atoms with E-state index in [1.807, 2.05) is 13.8 Å². The summed E-state index contributed by atoms with van der Waals surface area (Å²) in [7, 11) is 0. The summed E-state index contributed by atoms with van der Waals surface area (Å²) >= 11 is 0. The van der Waals surface area contributed by atoms with Crippen LogP contribution in [-0.2, 0) is 9.59 Å². The molecule has 0 aromatic heterocycles. The van der Waals surface area contributed by atoms with Gasteiger partial charge in [0.15, 0.2) is 22.8 Å². The van der Waals surface area contributed by atoms with Gasteiger partial charge in [-0.2, -0.15) is 0 Å². The molecule has 0 saturated heterocycles. The maximum atomic E-state index is 12.0. The van der Waals surface area contributed by atoms with Crippen LogP contribution in [0.3, 0.4) is 0 Å². The van der Waals surface area contributed by atoms with E-state index in [1.165, 1.54) is 6.08 Å². The zero-order valence-corrected chi connectivity index (χ0v) is 23.5. The second-order valence-electron chi connectivity index (χ2n) is 11.0. The number of rotatable bonds is 14. The molecular weight excluding hydrogens is 472 g/mol. The normalized spacial score (nSPS) is 28.8. The van der Waals surface area contributed by atoms with E-state index in [4.69, 9.17) is 0 Å². The minimum Gasteiger partial charge on any atom is -0.393 e. The van der Waals surface area contributed by atoms with Crippen LogP contribution >= 0.6 is 0 Å². The van der Waals surface area contributed by atoms with Gasteiger partial charge in [0, 0.05) is 0 Å². The predicted octanol–water partition coefficient (Wildman–Crippen LogP) is 4.47. The lowest BCUT2D eigenvalue weighted by atomic mass is 9.77. The molecule has 7 heteroatoms. The molecule has 0 radical (unpaired) electrons. The van der Waals surface area contributed by atoms with E-state index in [2.05, 4.69) is 6.92 Å². The minimum absolute atomic E-state index is 0.304. The number of carbonyl (C=O) groups excluding carboxylic acids is 2. The zero-order valence-electron chi connectivity index (χ0n) is 23.5. The summed E-state index contributed by atoms with van der Waals surface area (Å²) in [6.45, 7) is 7.87. The molecule has 2 rings (SSSR count). The number of hydrogen-bond donors (Lipinski definition) is 5. The van der Waals surface area contributed by atoms with Crippen molar-refractivity contribution in [2.45, 2.75) is 154 Å². The molecule has 0 aromatic rings. The van der Waals surface area contributed by atoms with E-state index in [1.54, 1.807) is 13.0 Å². The standard InChI is InChI=1S/C15H26O4.C15H26O3/c1-3-4-8-15(19)13(17)9-12(10-14(15)18)7-5-6-11(2)16;1-3-5-7-8-12-10-13(16)15(18,9-6-4-2)14(17)11-12/h9,11,14,16,18-19H,3-8,10H2,1-2H3;10,14,17-18H,3-9,11H2,1-2H3/t11?,14-,15-;14-,15-/m11/s1. The molecule has 0 heterocycles. The van der Waals surface area contributed by atoms with Gasteiger partial charge in [0.05, 0.1) is 18.3 Å². The molecule has 0 amide bonds. The molecule has 7 nitrogen and oxygen atoms in total. The summed E-state index contributed by atoms with van der Waals surface area (Å²) in [5.74, 6) is -0.673. The maximum absolute atomic E-state index is 12.0. The van der Waals surface area contributed by atoms with Crippen molar-refractivity contribution < 1.29 is 35.1 Å². The van der Waals surface area contributed by atoms with Crippen LogP contribution in [0.5, 0.6) is 0 Å². The van der Waals surface area contributed by atoms with Gasteiger partial charge < -0.3 is 25.5 Å². The van der Waals surface area contributed by atoms with Crippen LogP contribution in [0, 0.1) is 0 Å². The van der Waals surface area contributed by atoms with E-state index in [0.29, 0.717) is 38.5 Å². The molecule has 214 valence electrons. The van der Waals surface area contributed by atoms with Gasteiger partial charge >= 0.3 is 0 Å². The van der Waals surface area contributed by atoms with Crippen LogP contribution in [-0.4, -0.2) is 66.6 Å². The van der Waals surface area contributed by atoms with Gasteiger partial charge in [-0.1, -0.05) is 70.4 Å². The smallest absolute Gasteiger partial charge is 0.189 e. The van der Waals surface area contributed by atoms with Crippen molar-refractivity contribution >= 4 is 11.6 Å². The van der Waals surface area contributed by atoms with Crippen LogP contribution in [0.15, 0.2) is 23.3 Å². The number of aliphatic hydroxyl groups is 5. The van der Waals surface area contributed by atoms with E-state index < -0.39 is 23.4 Å². The van der Waals surface area contributed by atoms with Crippen molar-refractivity contribution in [3.8, 4) is 0 Å². The lowest BCUT2D eigenvalue weighted by Gasteiger charge is -2.35. The molecule has 2 aliphatic rings. The van der Waals surface area contributed by atoms with Crippen LogP contribution in [0.1, 0.15) is 124 Å². The van der Waals surface area contributed by atoms with Crippen molar-refractivity contribution in [2.24, 2.45) is 0 Å². The van der Waals surface area contributed by atoms with Crippen molar-refractivity contribution in [1.82, 2.24) is 0 Å². The van der Waals surface area contributed by atoms with Gasteiger partial charge in [-0.25, -0.2) is 0 Å². The Hall–Kier alpha value is -1.38. The summed E-state index contributed by atoms with van der Waals surface area (Å²) in [4.78, 5) is 24.0. The highest BCUT2D eigenvalue weighted by atomic mass is 16.4. The topological polar surface area (TPSA) is 135 Å². The maximum Gasteiger partial charge on any atom is 0.189 e.